The minimum absolute atomic E-state index is 0. The van der Waals surface area contributed by atoms with Gasteiger partial charge in [-0.15, -0.1) is 12.4 Å². The summed E-state index contributed by atoms with van der Waals surface area (Å²) in [5.41, 5.74) is 0.639. The summed E-state index contributed by atoms with van der Waals surface area (Å²) < 4.78 is 67.4. The number of benzene rings is 1. The second-order valence-electron chi connectivity index (χ2n) is 6.30. The quantitative estimate of drug-likeness (QED) is 0.799. The predicted molar refractivity (Wildman–Crippen MR) is 102 cm³/mol. The van der Waals surface area contributed by atoms with Gasteiger partial charge >= 0.3 is 6.18 Å². The zero-order chi connectivity index (χ0) is 19.7. The van der Waals surface area contributed by atoms with Gasteiger partial charge in [-0.05, 0) is 23.6 Å². The SMILES string of the molecule is CCc1ccc(C2CNCCN2S(=O)(=O)c2cnccc2C(F)(F)F)cc1.Cl. The molecule has 0 aliphatic carbocycles. The van der Waals surface area contributed by atoms with Gasteiger partial charge in [0.2, 0.25) is 10.0 Å². The summed E-state index contributed by atoms with van der Waals surface area (Å²) in [6.45, 7) is 2.78. The van der Waals surface area contributed by atoms with Crippen molar-refractivity contribution >= 4 is 22.4 Å². The molecule has 2 heterocycles. The molecule has 1 N–H and O–H groups in total. The maximum absolute atomic E-state index is 13.3. The first-order chi connectivity index (χ1) is 12.7. The molecular formula is C18H21ClF3N3O2S. The topological polar surface area (TPSA) is 62.3 Å². The van der Waals surface area contributed by atoms with Crippen molar-refractivity contribution in [3.63, 3.8) is 0 Å². The minimum atomic E-state index is -4.78. The van der Waals surface area contributed by atoms with Crippen LogP contribution in [0.1, 0.15) is 29.7 Å². The third-order valence-corrected chi connectivity index (χ3v) is 6.58. The zero-order valence-electron chi connectivity index (χ0n) is 15.1. The molecule has 1 fully saturated rings. The lowest BCUT2D eigenvalue weighted by atomic mass is 10.0. The van der Waals surface area contributed by atoms with Gasteiger partial charge in [0.05, 0.1) is 11.6 Å². The van der Waals surface area contributed by atoms with Crippen molar-refractivity contribution in [2.75, 3.05) is 19.6 Å². The smallest absolute Gasteiger partial charge is 0.313 e. The number of pyridine rings is 1. The van der Waals surface area contributed by atoms with E-state index in [0.29, 0.717) is 19.2 Å². The number of alkyl halides is 3. The lowest BCUT2D eigenvalue weighted by Gasteiger charge is -2.36. The Morgan fingerprint density at radius 3 is 2.50 bits per heavy atom. The third-order valence-electron chi connectivity index (χ3n) is 4.64. The first-order valence-corrected chi connectivity index (χ1v) is 10.0. The molecule has 154 valence electrons. The van der Waals surface area contributed by atoms with Crippen molar-refractivity contribution < 1.29 is 21.6 Å². The van der Waals surface area contributed by atoms with Gasteiger partial charge in [0, 0.05) is 32.0 Å². The number of rotatable bonds is 4. The van der Waals surface area contributed by atoms with Crippen molar-refractivity contribution in [2.24, 2.45) is 0 Å². The van der Waals surface area contributed by atoms with E-state index < -0.39 is 32.7 Å². The van der Waals surface area contributed by atoms with E-state index in [4.69, 9.17) is 0 Å². The van der Waals surface area contributed by atoms with E-state index in [9.17, 15) is 21.6 Å². The molecule has 0 spiro atoms. The fraction of sp³-hybridized carbons (Fsp3) is 0.389. The fourth-order valence-corrected chi connectivity index (χ4v) is 4.95. The van der Waals surface area contributed by atoms with Crippen molar-refractivity contribution in [3.8, 4) is 0 Å². The van der Waals surface area contributed by atoms with E-state index in [0.717, 1.165) is 34.2 Å². The fourth-order valence-electron chi connectivity index (χ4n) is 3.18. The van der Waals surface area contributed by atoms with Gasteiger partial charge < -0.3 is 5.32 Å². The Balaban J connectivity index is 0.00000280. The normalized spacial score (nSPS) is 18.5. The number of aromatic nitrogens is 1. The largest absolute Gasteiger partial charge is 0.417 e. The first-order valence-electron chi connectivity index (χ1n) is 8.57. The molecule has 0 bridgehead atoms. The minimum Gasteiger partial charge on any atom is -0.313 e. The van der Waals surface area contributed by atoms with E-state index in [1.54, 1.807) is 0 Å². The van der Waals surface area contributed by atoms with Crippen molar-refractivity contribution in [3.05, 3.63) is 59.4 Å². The number of piperazine rings is 1. The van der Waals surface area contributed by atoms with Crippen molar-refractivity contribution in [1.29, 1.82) is 0 Å². The van der Waals surface area contributed by atoms with Gasteiger partial charge in [0.25, 0.3) is 0 Å². The Hall–Kier alpha value is -1.68. The number of aryl methyl sites for hydroxylation is 1. The second-order valence-corrected chi connectivity index (χ2v) is 8.16. The average molecular weight is 436 g/mol. The van der Waals surface area contributed by atoms with Crippen LogP contribution in [0.3, 0.4) is 0 Å². The second kappa shape index (κ2) is 8.77. The van der Waals surface area contributed by atoms with Crippen LogP contribution in [0.2, 0.25) is 0 Å². The highest BCUT2D eigenvalue weighted by molar-refractivity contribution is 7.89. The van der Waals surface area contributed by atoms with Crippen LogP contribution in [-0.2, 0) is 22.6 Å². The molecule has 10 heteroatoms. The Morgan fingerprint density at radius 1 is 1.21 bits per heavy atom. The van der Waals surface area contributed by atoms with Crippen LogP contribution in [0.4, 0.5) is 13.2 Å². The number of nitrogens with zero attached hydrogens (tertiary/aromatic N) is 2. The molecule has 0 amide bonds. The molecule has 5 nitrogen and oxygen atoms in total. The molecule has 0 radical (unpaired) electrons. The highest BCUT2D eigenvalue weighted by Crippen LogP contribution is 2.37. The lowest BCUT2D eigenvalue weighted by Crippen LogP contribution is -2.48. The summed E-state index contributed by atoms with van der Waals surface area (Å²) in [4.78, 5) is 2.81. The van der Waals surface area contributed by atoms with Crippen molar-refractivity contribution in [2.45, 2.75) is 30.5 Å². The Bertz CT molecular complexity index is 905. The van der Waals surface area contributed by atoms with Crippen LogP contribution in [0.5, 0.6) is 0 Å². The standard InChI is InChI=1S/C18H20F3N3O2S.ClH/c1-2-13-3-5-14(6-4-13)16-11-23-9-10-24(16)27(25,26)17-12-22-8-7-15(17)18(19,20)21;/h3-8,12,16,23H,2,9-11H2,1H3;1H. The van der Waals surface area contributed by atoms with Gasteiger partial charge in [-0.2, -0.15) is 17.5 Å². The van der Waals surface area contributed by atoms with E-state index in [-0.39, 0.29) is 19.0 Å². The van der Waals surface area contributed by atoms with Gasteiger partial charge in [0.1, 0.15) is 4.90 Å². The Morgan fingerprint density at radius 2 is 1.89 bits per heavy atom. The molecule has 28 heavy (non-hydrogen) atoms. The summed E-state index contributed by atoms with van der Waals surface area (Å²) in [6, 6.07) is 7.57. The first kappa shape index (κ1) is 22.6. The summed E-state index contributed by atoms with van der Waals surface area (Å²) in [5.74, 6) is 0. The predicted octanol–water partition coefficient (Wildman–Crippen LogP) is 3.42. The van der Waals surface area contributed by atoms with Crippen LogP contribution in [0.15, 0.2) is 47.6 Å². The van der Waals surface area contributed by atoms with Crippen LogP contribution in [0, 0.1) is 0 Å². The van der Waals surface area contributed by atoms with Crippen LogP contribution in [-0.4, -0.2) is 37.3 Å². The van der Waals surface area contributed by atoms with E-state index in [1.807, 2.05) is 31.2 Å². The van der Waals surface area contributed by atoms with Gasteiger partial charge in [-0.1, -0.05) is 31.2 Å². The molecule has 1 saturated heterocycles. The number of sulfonamides is 1. The molecule has 1 atom stereocenters. The van der Waals surface area contributed by atoms with Crippen LogP contribution >= 0.6 is 12.4 Å². The van der Waals surface area contributed by atoms with Crippen LogP contribution < -0.4 is 5.32 Å². The van der Waals surface area contributed by atoms with Gasteiger partial charge in [0.15, 0.2) is 0 Å². The van der Waals surface area contributed by atoms with E-state index >= 15 is 0 Å². The van der Waals surface area contributed by atoms with Crippen molar-refractivity contribution in [1.82, 2.24) is 14.6 Å². The molecule has 2 aromatic rings. The highest BCUT2D eigenvalue weighted by atomic mass is 35.5. The molecule has 1 aliphatic rings. The van der Waals surface area contributed by atoms with Crippen LogP contribution in [0.25, 0.3) is 0 Å². The summed E-state index contributed by atoms with van der Waals surface area (Å²) in [6.07, 6.45) is -2.22. The molecule has 1 aromatic carbocycles. The summed E-state index contributed by atoms with van der Waals surface area (Å²) in [7, 11) is -4.38. The van der Waals surface area contributed by atoms with E-state index in [2.05, 4.69) is 10.3 Å². The Kier molecular flexibility index (Phi) is 7.08. The lowest BCUT2D eigenvalue weighted by molar-refractivity contribution is -0.140. The average Bonchev–Trinajstić information content (AvgIpc) is 2.67. The van der Waals surface area contributed by atoms with Gasteiger partial charge in [-0.25, -0.2) is 8.42 Å². The maximum atomic E-state index is 13.3. The van der Waals surface area contributed by atoms with Gasteiger partial charge in [-0.3, -0.25) is 4.98 Å². The summed E-state index contributed by atoms with van der Waals surface area (Å²) >= 11 is 0. The maximum Gasteiger partial charge on any atom is 0.417 e. The molecule has 1 unspecified atom stereocenters. The molecule has 1 aliphatic heterocycles. The summed E-state index contributed by atoms with van der Waals surface area (Å²) in [5, 5.41) is 3.12. The number of hydrogen-bond acceptors (Lipinski definition) is 4. The highest BCUT2D eigenvalue weighted by Gasteiger charge is 2.41. The number of halogens is 4. The third kappa shape index (κ3) is 4.48. The zero-order valence-corrected chi connectivity index (χ0v) is 16.7. The Labute approximate surface area is 168 Å². The molecule has 0 saturated carbocycles. The number of nitrogens with one attached hydrogen (secondary N) is 1. The molecular weight excluding hydrogens is 415 g/mol. The van der Waals surface area contributed by atoms with E-state index in [1.165, 1.54) is 0 Å². The molecule has 1 aromatic heterocycles. The monoisotopic (exact) mass is 435 g/mol. The molecule has 3 rings (SSSR count). The number of hydrogen-bond donors (Lipinski definition) is 1.